The lowest BCUT2D eigenvalue weighted by atomic mass is 9.74. The van der Waals surface area contributed by atoms with E-state index in [2.05, 4.69) is 23.4 Å². The summed E-state index contributed by atoms with van der Waals surface area (Å²) in [5.41, 5.74) is 0. The van der Waals surface area contributed by atoms with E-state index in [4.69, 9.17) is 0 Å². The van der Waals surface area contributed by atoms with Gasteiger partial charge in [0, 0.05) is 24.9 Å². The highest BCUT2D eigenvalue weighted by Gasteiger charge is 2.36. The van der Waals surface area contributed by atoms with Crippen LogP contribution in [0.3, 0.4) is 0 Å². The molecule has 1 aliphatic carbocycles. The highest BCUT2D eigenvalue weighted by atomic mass is 16.4. The number of aromatic nitrogens is 2. The molecule has 1 heterocycles. The molecule has 0 bridgehead atoms. The van der Waals surface area contributed by atoms with Crippen LogP contribution in [0.15, 0.2) is 12.4 Å². The summed E-state index contributed by atoms with van der Waals surface area (Å²) >= 11 is 0. The molecule has 0 spiro atoms. The fourth-order valence-corrected chi connectivity index (χ4v) is 3.04. The lowest BCUT2D eigenvalue weighted by molar-refractivity contribution is -0.144. The SMILES string of the molecule is CCCn1ccnc1C1CC(C)CCC1C(=O)O. The Kier molecular flexibility index (Phi) is 4.04. The van der Waals surface area contributed by atoms with Crippen molar-refractivity contribution in [2.45, 2.75) is 52.0 Å². The Hall–Kier alpha value is -1.32. The molecule has 0 radical (unpaired) electrons. The van der Waals surface area contributed by atoms with Crippen LogP contribution in [0.5, 0.6) is 0 Å². The van der Waals surface area contributed by atoms with Gasteiger partial charge in [-0.15, -0.1) is 0 Å². The van der Waals surface area contributed by atoms with Gasteiger partial charge in [0.15, 0.2) is 0 Å². The van der Waals surface area contributed by atoms with Crippen LogP contribution in [0.2, 0.25) is 0 Å². The third-order valence-corrected chi connectivity index (χ3v) is 3.97. The van der Waals surface area contributed by atoms with Crippen LogP contribution in [-0.4, -0.2) is 20.6 Å². The molecule has 0 saturated heterocycles. The maximum atomic E-state index is 11.4. The summed E-state index contributed by atoms with van der Waals surface area (Å²) in [6, 6.07) is 0. The van der Waals surface area contributed by atoms with E-state index in [1.807, 2.05) is 6.20 Å². The van der Waals surface area contributed by atoms with Gasteiger partial charge in [-0.1, -0.05) is 13.8 Å². The molecular weight excluding hydrogens is 228 g/mol. The summed E-state index contributed by atoms with van der Waals surface area (Å²) in [4.78, 5) is 15.8. The number of imidazole rings is 1. The van der Waals surface area contributed by atoms with Crippen LogP contribution in [0, 0.1) is 11.8 Å². The van der Waals surface area contributed by atoms with Crippen molar-refractivity contribution >= 4 is 5.97 Å². The number of aliphatic carboxylic acids is 1. The third-order valence-electron chi connectivity index (χ3n) is 3.97. The van der Waals surface area contributed by atoms with Crippen molar-refractivity contribution in [3.63, 3.8) is 0 Å². The fourth-order valence-electron chi connectivity index (χ4n) is 3.04. The van der Waals surface area contributed by atoms with Gasteiger partial charge in [0.2, 0.25) is 0 Å². The van der Waals surface area contributed by atoms with E-state index < -0.39 is 5.97 Å². The fraction of sp³-hybridized carbons (Fsp3) is 0.714. The molecule has 0 aromatic carbocycles. The molecule has 2 rings (SSSR count). The van der Waals surface area contributed by atoms with Gasteiger partial charge in [0.1, 0.15) is 5.82 Å². The number of carbonyl (C=O) groups is 1. The first-order valence-electron chi connectivity index (χ1n) is 6.87. The van der Waals surface area contributed by atoms with E-state index in [0.717, 1.165) is 38.1 Å². The number of hydrogen-bond donors (Lipinski definition) is 1. The summed E-state index contributed by atoms with van der Waals surface area (Å²) < 4.78 is 2.12. The van der Waals surface area contributed by atoms with E-state index in [0.29, 0.717) is 5.92 Å². The van der Waals surface area contributed by atoms with Crippen LogP contribution >= 0.6 is 0 Å². The average Bonchev–Trinajstić information content (AvgIpc) is 2.77. The average molecular weight is 250 g/mol. The zero-order valence-corrected chi connectivity index (χ0v) is 11.2. The van der Waals surface area contributed by atoms with Crippen LogP contribution in [0.1, 0.15) is 51.3 Å². The van der Waals surface area contributed by atoms with E-state index in [1.54, 1.807) is 6.20 Å². The minimum Gasteiger partial charge on any atom is -0.481 e. The first kappa shape index (κ1) is 13.1. The lowest BCUT2D eigenvalue weighted by Crippen LogP contribution is -2.30. The minimum absolute atomic E-state index is 0.0767. The molecule has 3 unspecified atom stereocenters. The Balaban J connectivity index is 2.26. The van der Waals surface area contributed by atoms with Gasteiger partial charge in [-0.05, 0) is 31.6 Å². The second kappa shape index (κ2) is 5.55. The smallest absolute Gasteiger partial charge is 0.307 e. The first-order valence-corrected chi connectivity index (χ1v) is 6.87. The normalized spacial score (nSPS) is 28.2. The molecule has 1 aromatic rings. The Morgan fingerprint density at radius 1 is 1.56 bits per heavy atom. The van der Waals surface area contributed by atoms with E-state index in [1.165, 1.54) is 0 Å². The summed E-state index contributed by atoms with van der Waals surface area (Å²) in [6.07, 6.45) is 7.55. The second-order valence-electron chi connectivity index (χ2n) is 5.45. The zero-order valence-electron chi connectivity index (χ0n) is 11.2. The molecule has 1 saturated carbocycles. The van der Waals surface area contributed by atoms with Gasteiger partial charge < -0.3 is 9.67 Å². The Labute approximate surface area is 108 Å². The van der Waals surface area contributed by atoms with Gasteiger partial charge in [-0.3, -0.25) is 4.79 Å². The molecule has 0 amide bonds. The van der Waals surface area contributed by atoms with Crippen molar-refractivity contribution in [1.29, 1.82) is 0 Å². The molecule has 4 heteroatoms. The minimum atomic E-state index is -0.669. The summed E-state index contributed by atoms with van der Waals surface area (Å²) in [6.45, 7) is 5.26. The lowest BCUT2D eigenvalue weighted by Gasteiger charge is -2.32. The molecular formula is C14H22N2O2. The van der Waals surface area contributed by atoms with Gasteiger partial charge in [0.25, 0.3) is 0 Å². The third kappa shape index (κ3) is 2.57. The van der Waals surface area contributed by atoms with Crippen molar-refractivity contribution in [1.82, 2.24) is 9.55 Å². The number of rotatable bonds is 4. The first-order chi connectivity index (χ1) is 8.63. The predicted octanol–water partition coefficient (Wildman–Crippen LogP) is 2.90. The van der Waals surface area contributed by atoms with Crippen molar-refractivity contribution in [3.05, 3.63) is 18.2 Å². The molecule has 1 aliphatic rings. The number of hydrogen-bond acceptors (Lipinski definition) is 2. The van der Waals surface area contributed by atoms with Crippen molar-refractivity contribution < 1.29 is 9.90 Å². The van der Waals surface area contributed by atoms with E-state index in [9.17, 15) is 9.90 Å². The maximum Gasteiger partial charge on any atom is 0.307 e. The molecule has 100 valence electrons. The molecule has 4 nitrogen and oxygen atoms in total. The highest BCUT2D eigenvalue weighted by molar-refractivity contribution is 5.71. The molecule has 1 aromatic heterocycles. The largest absolute Gasteiger partial charge is 0.481 e. The number of nitrogens with zero attached hydrogens (tertiary/aromatic N) is 2. The van der Waals surface area contributed by atoms with Crippen LogP contribution in [-0.2, 0) is 11.3 Å². The van der Waals surface area contributed by atoms with Crippen molar-refractivity contribution in [3.8, 4) is 0 Å². The number of aryl methyl sites for hydroxylation is 1. The Bertz CT molecular complexity index is 414. The monoisotopic (exact) mass is 250 g/mol. The molecule has 18 heavy (non-hydrogen) atoms. The highest BCUT2D eigenvalue weighted by Crippen LogP contribution is 2.40. The Morgan fingerprint density at radius 3 is 3.00 bits per heavy atom. The van der Waals surface area contributed by atoms with Crippen molar-refractivity contribution in [2.24, 2.45) is 11.8 Å². The summed E-state index contributed by atoms with van der Waals surface area (Å²) in [5, 5.41) is 9.38. The number of carboxylic acid groups (broad SMARTS) is 1. The van der Waals surface area contributed by atoms with Gasteiger partial charge in [-0.2, -0.15) is 0 Å². The number of carboxylic acids is 1. The van der Waals surface area contributed by atoms with Crippen LogP contribution < -0.4 is 0 Å². The standard InChI is InChI=1S/C14H22N2O2/c1-3-7-16-8-6-15-13(16)12-9-10(2)4-5-11(12)14(17)18/h6,8,10-12H,3-5,7,9H2,1-2H3,(H,17,18). The molecule has 0 aliphatic heterocycles. The van der Waals surface area contributed by atoms with Crippen molar-refractivity contribution in [2.75, 3.05) is 0 Å². The van der Waals surface area contributed by atoms with Crippen LogP contribution in [0.4, 0.5) is 0 Å². The maximum absolute atomic E-state index is 11.4. The van der Waals surface area contributed by atoms with Gasteiger partial charge in [0.05, 0.1) is 5.92 Å². The zero-order chi connectivity index (χ0) is 13.1. The second-order valence-corrected chi connectivity index (χ2v) is 5.45. The van der Waals surface area contributed by atoms with Crippen LogP contribution in [0.25, 0.3) is 0 Å². The predicted molar refractivity (Wildman–Crippen MR) is 69.4 cm³/mol. The van der Waals surface area contributed by atoms with E-state index in [-0.39, 0.29) is 11.8 Å². The topological polar surface area (TPSA) is 55.1 Å². The van der Waals surface area contributed by atoms with Gasteiger partial charge in [-0.25, -0.2) is 4.98 Å². The molecule has 1 N–H and O–H groups in total. The quantitative estimate of drug-likeness (QED) is 0.894. The Morgan fingerprint density at radius 2 is 2.33 bits per heavy atom. The summed E-state index contributed by atoms with van der Waals surface area (Å²) in [5.74, 6) is 0.707. The van der Waals surface area contributed by atoms with E-state index >= 15 is 0 Å². The van der Waals surface area contributed by atoms with Gasteiger partial charge >= 0.3 is 5.97 Å². The molecule has 1 fully saturated rings. The molecule has 3 atom stereocenters. The summed E-state index contributed by atoms with van der Waals surface area (Å²) in [7, 11) is 0.